The van der Waals surface area contributed by atoms with Crippen molar-refractivity contribution < 1.29 is 0 Å². The first-order valence-corrected chi connectivity index (χ1v) is 9.04. The van der Waals surface area contributed by atoms with Gasteiger partial charge in [0.15, 0.2) is 0 Å². The lowest BCUT2D eigenvalue weighted by Crippen LogP contribution is -1.81. The molecule has 0 saturated heterocycles. The highest BCUT2D eigenvalue weighted by atomic mass is 31.1. The van der Waals surface area contributed by atoms with Gasteiger partial charge in [0.1, 0.15) is 11.0 Å². The van der Waals surface area contributed by atoms with Gasteiger partial charge in [-0.2, -0.15) is 0 Å². The SMILES string of the molecule is N=[p+]1nc2ccc3ccccc3c2c2c(ccc3ccccc32)n1. The summed E-state index contributed by atoms with van der Waals surface area (Å²) >= 11 is 0. The number of fused-ring (bicyclic) bond motifs is 7. The molecule has 112 valence electrons. The molecule has 4 aromatic carbocycles. The first kappa shape index (κ1) is 13.5. The van der Waals surface area contributed by atoms with E-state index in [1.54, 1.807) is 0 Å². The molecular formula is C20H13N3P+. The first-order chi connectivity index (χ1) is 11.8. The monoisotopic (exact) mass is 326 g/mol. The lowest BCUT2D eigenvalue weighted by atomic mass is 9.98. The highest BCUT2D eigenvalue weighted by Crippen LogP contribution is 2.35. The van der Waals surface area contributed by atoms with Gasteiger partial charge in [0, 0.05) is 10.8 Å². The molecule has 1 heterocycles. The van der Waals surface area contributed by atoms with Crippen LogP contribution in [0.4, 0.5) is 0 Å². The van der Waals surface area contributed by atoms with Crippen LogP contribution in [0.3, 0.4) is 0 Å². The van der Waals surface area contributed by atoms with E-state index in [9.17, 15) is 0 Å². The van der Waals surface area contributed by atoms with Gasteiger partial charge in [0.05, 0.1) is 0 Å². The Morgan fingerprint density at radius 1 is 0.583 bits per heavy atom. The molecule has 5 aromatic rings. The molecule has 1 aromatic heterocycles. The summed E-state index contributed by atoms with van der Waals surface area (Å²) in [6, 6.07) is 24.9. The maximum Gasteiger partial charge on any atom is 0.504 e. The summed E-state index contributed by atoms with van der Waals surface area (Å²) in [7, 11) is -1.50. The Morgan fingerprint density at radius 3 is 1.54 bits per heavy atom. The van der Waals surface area contributed by atoms with Crippen LogP contribution in [0.1, 0.15) is 0 Å². The van der Waals surface area contributed by atoms with E-state index in [0.29, 0.717) is 0 Å². The van der Waals surface area contributed by atoms with Crippen LogP contribution in [0.25, 0.3) is 43.4 Å². The number of rotatable bonds is 0. The Bertz CT molecular complexity index is 1230. The molecule has 0 atom stereocenters. The van der Waals surface area contributed by atoms with E-state index in [-0.39, 0.29) is 0 Å². The normalized spacial score (nSPS) is 11.5. The van der Waals surface area contributed by atoms with Gasteiger partial charge < -0.3 is 0 Å². The van der Waals surface area contributed by atoms with Crippen LogP contribution in [0, 0.1) is 5.16 Å². The minimum absolute atomic E-state index is 0.869. The summed E-state index contributed by atoms with van der Waals surface area (Å²) in [6.45, 7) is 0. The van der Waals surface area contributed by atoms with Crippen LogP contribution in [-0.4, -0.2) is 9.49 Å². The van der Waals surface area contributed by atoms with Crippen LogP contribution in [0.2, 0.25) is 0 Å². The third kappa shape index (κ3) is 1.92. The lowest BCUT2D eigenvalue weighted by Gasteiger charge is -2.05. The van der Waals surface area contributed by atoms with Gasteiger partial charge in [-0.3, -0.25) is 0 Å². The highest BCUT2D eigenvalue weighted by molar-refractivity contribution is 7.29. The minimum atomic E-state index is -1.50. The molecule has 0 aliphatic rings. The molecule has 24 heavy (non-hydrogen) atoms. The van der Waals surface area contributed by atoms with E-state index < -0.39 is 7.64 Å². The molecule has 0 unspecified atom stereocenters. The minimum Gasteiger partial charge on any atom is -0.0741 e. The fourth-order valence-corrected chi connectivity index (χ4v) is 4.22. The maximum absolute atomic E-state index is 8.22. The molecule has 4 heteroatoms. The predicted molar refractivity (Wildman–Crippen MR) is 102 cm³/mol. The summed E-state index contributed by atoms with van der Waals surface area (Å²) in [4.78, 5) is 0. The first-order valence-electron chi connectivity index (χ1n) is 7.80. The molecular weight excluding hydrogens is 313 g/mol. The van der Waals surface area contributed by atoms with E-state index in [1.165, 1.54) is 10.8 Å². The third-order valence-electron chi connectivity index (χ3n) is 4.47. The molecule has 0 radical (unpaired) electrons. The van der Waals surface area contributed by atoms with Crippen molar-refractivity contribution in [2.45, 2.75) is 0 Å². The molecule has 0 aliphatic heterocycles. The summed E-state index contributed by atoms with van der Waals surface area (Å²) in [5, 5.41) is 15.1. The lowest BCUT2D eigenvalue weighted by molar-refractivity contribution is 1.51. The summed E-state index contributed by atoms with van der Waals surface area (Å²) in [5.74, 6) is 0. The van der Waals surface area contributed by atoms with Gasteiger partial charge >= 0.3 is 7.64 Å². The van der Waals surface area contributed by atoms with Crippen LogP contribution >= 0.6 is 7.64 Å². The van der Waals surface area contributed by atoms with Gasteiger partial charge in [-0.25, -0.2) is 0 Å². The van der Waals surface area contributed by atoms with Gasteiger partial charge in [0.25, 0.3) is 0 Å². The van der Waals surface area contributed by atoms with Gasteiger partial charge in [-0.05, 0) is 43.2 Å². The Morgan fingerprint density at radius 2 is 1.04 bits per heavy atom. The topological polar surface area (TPSA) is 49.6 Å². The smallest absolute Gasteiger partial charge is 0.0741 e. The average molecular weight is 326 g/mol. The Hall–Kier alpha value is -2.90. The molecule has 0 spiro atoms. The quantitative estimate of drug-likeness (QED) is 0.366. The second-order valence-corrected chi connectivity index (χ2v) is 6.83. The zero-order chi connectivity index (χ0) is 16.1. The molecule has 3 nitrogen and oxygen atoms in total. The van der Waals surface area contributed by atoms with Crippen molar-refractivity contribution in [3.8, 4) is 0 Å². The fourth-order valence-electron chi connectivity index (χ4n) is 3.44. The molecule has 0 bridgehead atoms. The number of hydrogen-bond acceptors (Lipinski definition) is 3. The molecule has 0 saturated carbocycles. The number of nitrogens with one attached hydrogen (secondary N) is 1. The number of aromatic nitrogens is 2. The van der Waals surface area contributed by atoms with Crippen LogP contribution in [0.5, 0.6) is 0 Å². The maximum atomic E-state index is 8.22. The largest absolute Gasteiger partial charge is 0.504 e. The molecule has 5 rings (SSSR count). The van der Waals surface area contributed by atoms with Gasteiger partial charge in [-0.15, -0.1) is 0 Å². The van der Waals surface area contributed by atoms with Crippen molar-refractivity contribution >= 4 is 51.0 Å². The van der Waals surface area contributed by atoms with Crippen LogP contribution in [0.15, 0.2) is 72.8 Å². The molecule has 0 amide bonds. The van der Waals surface area contributed by atoms with E-state index in [4.69, 9.17) is 5.16 Å². The third-order valence-corrected chi connectivity index (χ3v) is 5.28. The second-order valence-electron chi connectivity index (χ2n) is 5.85. The summed E-state index contributed by atoms with van der Waals surface area (Å²) < 4.78 is 9.15. The van der Waals surface area contributed by atoms with Crippen molar-refractivity contribution in [3.05, 3.63) is 72.8 Å². The molecule has 0 fully saturated rings. The van der Waals surface area contributed by atoms with Crippen molar-refractivity contribution in [2.24, 2.45) is 0 Å². The van der Waals surface area contributed by atoms with Crippen molar-refractivity contribution in [3.63, 3.8) is 0 Å². The second kappa shape index (κ2) is 5.05. The van der Waals surface area contributed by atoms with Crippen LogP contribution in [-0.2, 0) is 0 Å². The standard InChI is InChI=1S/C20H13N3P/c21-24-22-17-11-9-13-5-1-3-7-15(13)19(17)20-16-8-4-2-6-14(16)10-12-18(20)23-24/h1-12,21H/q+1. The fraction of sp³-hybridized carbons (Fsp3) is 0. The average Bonchev–Trinajstić information content (AvgIpc) is 2.77. The van der Waals surface area contributed by atoms with E-state index in [0.717, 1.165) is 32.6 Å². The highest BCUT2D eigenvalue weighted by Gasteiger charge is 2.13. The summed E-state index contributed by atoms with van der Waals surface area (Å²) in [6.07, 6.45) is 0. The Balaban J connectivity index is 2.26. The predicted octanol–water partition coefficient (Wildman–Crippen LogP) is 6.25. The number of benzene rings is 4. The number of hydrogen-bond donors (Lipinski definition) is 1. The van der Waals surface area contributed by atoms with Crippen LogP contribution < -0.4 is 0 Å². The van der Waals surface area contributed by atoms with E-state index in [1.807, 2.05) is 24.3 Å². The van der Waals surface area contributed by atoms with Crippen molar-refractivity contribution in [1.82, 2.24) is 9.49 Å². The van der Waals surface area contributed by atoms with Gasteiger partial charge in [-0.1, -0.05) is 65.8 Å². The zero-order valence-electron chi connectivity index (χ0n) is 12.8. The van der Waals surface area contributed by atoms with E-state index in [2.05, 4.69) is 58.0 Å². The van der Waals surface area contributed by atoms with Crippen molar-refractivity contribution in [2.75, 3.05) is 0 Å². The Kier molecular flexibility index (Phi) is 2.85. The van der Waals surface area contributed by atoms with Crippen molar-refractivity contribution in [1.29, 1.82) is 5.16 Å². The van der Waals surface area contributed by atoms with E-state index >= 15 is 0 Å². The summed E-state index contributed by atoms with van der Waals surface area (Å²) in [5.41, 5.74) is 1.74. The molecule has 0 aliphatic carbocycles. The number of nitrogens with zero attached hydrogens (tertiary/aromatic N) is 2. The molecule has 1 N–H and O–H groups in total. The van der Waals surface area contributed by atoms with Gasteiger partial charge in [0.2, 0.25) is 0 Å². The Labute approximate surface area is 139 Å². The zero-order valence-corrected chi connectivity index (χ0v) is 13.7.